The van der Waals surface area contributed by atoms with E-state index in [1.54, 1.807) is 10.6 Å². The van der Waals surface area contributed by atoms with E-state index < -0.39 is 0 Å². The maximum absolute atomic E-state index is 12.4. The van der Waals surface area contributed by atoms with E-state index in [9.17, 15) is 9.90 Å². The Morgan fingerprint density at radius 1 is 1.20 bits per heavy atom. The first kappa shape index (κ1) is 22.2. The van der Waals surface area contributed by atoms with E-state index in [0.29, 0.717) is 24.0 Å². The fourth-order valence-corrected chi connectivity index (χ4v) is 3.79. The first-order valence-corrected chi connectivity index (χ1v) is 10.6. The summed E-state index contributed by atoms with van der Waals surface area (Å²) >= 11 is 5.94. The van der Waals surface area contributed by atoms with Crippen LogP contribution in [0.25, 0.3) is 6.08 Å². The largest absolute Gasteiger partial charge is 0.508 e. The van der Waals surface area contributed by atoms with Gasteiger partial charge in [0.1, 0.15) is 5.76 Å². The SMILES string of the molecule is C=C/C(O)=C\c1c(N)ccc(=O)n1CCN1CCC(NCc2ccc(Cl)cc2)CC1. The molecular weight excluding hydrogens is 400 g/mol. The Kier molecular flexibility index (Phi) is 7.74. The lowest BCUT2D eigenvalue weighted by Crippen LogP contribution is -2.43. The second-order valence-electron chi connectivity index (χ2n) is 7.56. The molecule has 1 aliphatic heterocycles. The molecule has 1 aromatic carbocycles. The van der Waals surface area contributed by atoms with Crippen LogP contribution < -0.4 is 16.6 Å². The highest BCUT2D eigenvalue weighted by Crippen LogP contribution is 2.15. The third kappa shape index (κ3) is 5.98. The Morgan fingerprint density at radius 2 is 1.90 bits per heavy atom. The van der Waals surface area contributed by atoms with Gasteiger partial charge in [0.15, 0.2) is 0 Å². The molecule has 30 heavy (non-hydrogen) atoms. The van der Waals surface area contributed by atoms with E-state index in [4.69, 9.17) is 17.3 Å². The molecule has 1 aliphatic rings. The molecule has 0 bridgehead atoms. The van der Waals surface area contributed by atoms with Crippen LogP contribution >= 0.6 is 11.6 Å². The number of hydrogen-bond acceptors (Lipinski definition) is 5. The summed E-state index contributed by atoms with van der Waals surface area (Å²) in [6.45, 7) is 7.58. The Bertz CT molecular complexity index is 945. The van der Waals surface area contributed by atoms with Crippen molar-refractivity contribution >= 4 is 23.4 Å². The Hall–Kier alpha value is -2.54. The van der Waals surface area contributed by atoms with E-state index >= 15 is 0 Å². The Labute approximate surface area is 182 Å². The van der Waals surface area contributed by atoms with Crippen molar-refractivity contribution in [2.75, 3.05) is 25.4 Å². The minimum absolute atomic E-state index is 0.0198. The van der Waals surface area contributed by atoms with Gasteiger partial charge in [-0.1, -0.05) is 30.3 Å². The van der Waals surface area contributed by atoms with Gasteiger partial charge in [-0.15, -0.1) is 0 Å². The molecule has 0 spiro atoms. The van der Waals surface area contributed by atoms with E-state index in [2.05, 4.69) is 16.8 Å². The van der Waals surface area contributed by atoms with Crippen LogP contribution in [0, 0.1) is 0 Å². The van der Waals surface area contributed by atoms with Crippen LogP contribution in [0.15, 0.2) is 59.6 Å². The zero-order valence-electron chi connectivity index (χ0n) is 17.1. The predicted octanol–water partition coefficient (Wildman–Crippen LogP) is 3.42. The van der Waals surface area contributed by atoms with Crippen molar-refractivity contribution in [1.29, 1.82) is 0 Å². The fourth-order valence-electron chi connectivity index (χ4n) is 3.67. The number of nitrogen functional groups attached to an aromatic ring is 1. The zero-order chi connectivity index (χ0) is 21.5. The number of nitrogens with two attached hydrogens (primary N) is 1. The smallest absolute Gasteiger partial charge is 0.251 e. The van der Waals surface area contributed by atoms with Crippen LogP contribution in [-0.4, -0.2) is 40.2 Å². The molecule has 1 fully saturated rings. The van der Waals surface area contributed by atoms with Gasteiger partial charge in [0.25, 0.3) is 5.56 Å². The highest BCUT2D eigenvalue weighted by Gasteiger charge is 2.19. The molecule has 0 amide bonds. The highest BCUT2D eigenvalue weighted by molar-refractivity contribution is 6.30. The number of nitrogens with zero attached hydrogens (tertiary/aromatic N) is 2. The number of aliphatic hydroxyl groups excluding tert-OH is 1. The van der Waals surface area contributed by atoms with Crippen LogP contribution in [0.5, 0.6) is 0 Å². The normalized spacial score (nSPS) is 16.0. The summed E-state index contributed by atoms with van der Waals surface area (Å²) in [4.78, 5) is 14.7. The van der Waals surface area contributed by atoms with Gasteiger partial charge < -0.3 is 25.6 Å². The van der Waals surface area contributed by atoms with Crippen molar-refractivity contribution < 1.29 is 5.11 Å². The lowest BCUT2D eigenvalue weighted by Gasteiger charge is -2.32. The number of pyridine rings is 1. The topological polar surface area (TPSA) is 83.5 Å². The molecule has 3 rings (SSSR count). The molecule has 1 saturated heterocycles. The van der Waals surface area contributed by atoms with Crippen molar-refractivity contribution in [3.8, 4) is 0 Å². The van der Waals surface area contributed by atoms with Crippen molar-refractivity contribution in [3.63, 3.8) is 0 Å². The molecule has 0 aliphatic carbocycles. The molecular formula is C23H29ClN4O2. The number of anilines is 1. The average molecular weight is 429 g/mol. The van der Waals surface area contributed by atoms with E-state index in [1.807, 2.05) is 24.3 Å². The highest BCUT2D eigenvalue weighted by atomic mass is 35.5. The average Bonchev–Trinajstić information content (AvgIpc) is 2.76. The van der Waals surface area contributed by atoms with Crippen LogP contribution in [0.2, 0.25) is 5.02 Å². The molecule has 2 aromatic rings. The van der Waals surface area contributed by atoms with Crippen molar-refractivity contribution in [3.05, 3.63) is 81.4 Å². The van der Waals surface area contributed by atoms with Crippen molar-refractivity contribution in [1.82, 2.24) is 14.8 Å². The van der Waals surface area contributed by atoms with E-state index in [-0.39, 0.29) is 11.3 Å². The molecule has 160 valence electrons. The fraction of sp³-hybridized carbons (Fsp3) is 0.348. The summed E-state index contributed by atoms with van der Waals surface area (Å²) in [7, 11) is 0. The predicted molar refractivity (Wildman–Crippen MR) is 124 cm³/mol. The number of nitrogens with one attached hydrogen (secondary N) is 1. The van der Waals surface area contributed by atoms with Crippen molar-refractivity contribution in [2.24, 2.45) is 0 Å². The van der Waals surface area contributed by atoms with E-state index in [1.165, 1.54) is 23.8 Å². The molecule has 0 radical (unpaired) electrons. The summed E-state index contributed by atoms with van der Waals surface area (Å²) in [5.41, 5.74) is 8.09. The van der Waals surface area contributed by atoms with Crippen LogP contribution in [-0.2, 0) is 13.1 Å². The number of aromatic nitrogens is 1. The third-order valence-electron chi connectivity index (χ3n) is 5.49. The first-order chi connectivity index (χ1) is 14.5. The Morgan fingerprint density at radius 3 is 2.57 bits per heavy atom. The number of allylic oxidation sites excluding steroid dienone is 1. The lowest BCUT2D eigenvalue weighted by molar-refractivity contribution is 0.190. The van der Waals surface area contributed by atoms with Crippen LogP contribution in [0.4, 0.5) is 5.69 Å². The number of likely N-dealkylation sites (tertiary alicyclic amines) is 1. The monoisotopic (exact) mass is 428 g/mol. The molecule has 1 aromatic heterocycles. The number of rotatable bonds is 8. The molecule has 2 heterocycles. The molecule has 0 unspecified atom stereocenters. The maximum atomic E-state index is 12.4. The summed E-state index contributed by atoms with van der Waals surface area (Å²) in [6, 6.07) is 11.4. The number of benzene rings is 1. The van der Waals surface area contributed by atoms with Crippen LogP contribution in [0.3, 0.4) is 0 Å². The third-order valence-corrected chi connectivity index (χ3v) is 5.74. The quantitative estimate of drug-likeness (QED) is 0.443. The van der Waals surface area contributed by atoms with Gasteiger partial charge in [-0.2, -0.15) is 0 Å². The molecule has 7 heteroatoms. The van der Waals surface area contributed by atoms with Gasteiger partial charge in [-0.3, -0.25) is 4.79 Å². The second kappa shape index (κ2) is 10.5. The molecule has 6 nitrogen and oxygen atoms in total. The summed E-state index contributed by atoms with van der Waals surface area (Å²) < 4.78 is 1.61. The van der Waals surface area contributed by atoms with Gasteiger partial charge in [-0.05, 0) is 55.8 Å². The number of piperidine rings is 1. The Balaban J connectivity index is 1.52. The summed E-state index contributed by atoms with van der Waals surface area (Å²) in [5.74, 6) is -0.0198. The van der Waals surface area contributed by atoms with Crippen molar-refractivity contribution in [2.45, 2.75) is 32.0 Å². The zero-order valence-corrected chi connectivity index (χ0v) is 17.8. The number of aliphatic hydroxyl groups is 1. The van der Waals surface area contributed by atoms with E-state index in [0.717, 1.165) is 44.0 Å². The minimum Gasteiger partial charge on any atom is -0.508 e. The number of halogens is 1. The van der Waals surface area contributed by atoms with Gasteiger partial charge in [0.05, 0.1) is 11.4 Å². The van der Waals surface area contributed by atoms with Gasteiger partial charge in [-0.25, -0.2) is 0 Å². The lowest BCUT2D eigenvalue weighted by atomic mass is 10.0. The summed E-state index contributed by atoms with van der Waals surface area (Å²) in [6.07, 6.45) is 4.92. The summed E-state index contributed by atoms with van der Waals surface area (Å²) in [5, 5.41) is 14.2. The molecule has 0 atom stereocenters. The van der Waals surface area contributed by atoms with Crippen LogP contribution in [0.1, 0.15) is 24.1 Å². The van der Waals surface area contributed by atoms with Gasteiger partial charge >= 0.3 is 0 Å². The second-order valence-corrected chi connectivity index (χ2v) is 8.00. The standard InChI is InChI=1S/C23H29ClN4O2/c1-2-20(29)15-22-21(25)7-8-23(30)28(22)14-13-27-11-9-19(10-12-27)26-16-17-3-5-18(24)6-4-17/h2-8,15,19,26,29H,1,9-14,16,25H2/b20-15+. The van der Waals surface area contributed by atoms with Gasteiger partial charge in [0, 0.05) is 42.8 Å². The van der Waals surface area contributed by atoms with Gasteiger partial charge in [0.2, 0.25) is 0 Å². The molecule has 0 saturated carbocycles. The minimum atomic E-state index is -0.133. The first-order valence-electron chi connectivity index (χ1n) is 10.2. The molecule has 4 N–H and O–H groups in total. The maximum Gasteiger partial charge on any atom is 0.251 e. The number of hydrogen-bond donors (Lipinski definition) is 3.